The van der Waals surface area contributed by atoms with Gasteiger partial charge in [0.25, 0.3) is 0 Å². The summed E-state index contributed by atoms with van der Waals surface area (Å²) in [7, 11) is 0. The van der Waals surface area contributed by atoms with Gasteiger partial charge in [-0.2, -0.15) is 0 Å². The maximum absolute atomic E-state index is 11.1. The lowest BCUT2D eigenvalue weighted by Crippen LogP contribution is -1.98. The topological polar surface area (TPSA) is 70.9 Å². The van der Waals surface area contributed by atoms with Crippen LogP contribution < -0.4 is 11.1 Å². The molecule has 0 bridgehead atoms. The number of para-hydroxylation sites is 1. The highest BCUT2D eigenvalue weighted by Crippen LogP contribution is 2.37. The Balaban J connectivity index is 2.08. The van der Waals surface area contributed by atoms with Crippen molar-refractivity contribution in [1.29, 1.82) is 0 Å². The molecule has 0 amide bonds. The Bertz CT molecular complexity index is 886. The van der Waals surface area contributed by atoms with Gasteiger partial charge in [-0.05, 0) is 30.7 Å². The summed E-state index contributed by atoms with van der Waals surface area (Å²) in [6.07, 6.45) is 0. The minimum atomic E-state index is -0.614. The molecule has 0 aliphatic heterocycles. The van der Waals surface area contributed by atoms with E-state index in [1.807, 2.05) is 31.2 Å². The lowest BCUT2D eigenvalue weighted by molar-refractivity contribution is 0.388. The van der Waals surface area contributed by atoms with E-state index in [1.54, 1.807) is 12.1 Å². The maximum Gasteiger partial charge on any atom is 0.439 e. The molecule has 0 aliphatic rings. The first kappa shape index (κ1) is 14.7. The van der Waals surface area contributed by atoms with Gasteiger partial charge in [-0.15, -0.1) is 0 Å². The van der Waals surface area contributed by atoms with Crippen LogP contribution in [-0.2, 0) is 0 Å². The average molecular weight is 336 g/mol. The van der Waals surface area contributed by atoms with Crippen molar-refractivity contribution in [3.8, 4) is 11.4 Å². The molecule has 0 atom stereocenters. The van der Waals surface area contributed by atoms with Gasteiger partial charge in [0.15, 0.2) is 5.82 Å². The van der Waals surface area contributed by atoms with Crippen molar-refractivity contribution >= 4 is 34.6 Å². The number of H-pyrrole nitrogens is 1. The van der Waals surface area contributed by atoms with Crippen LogP contribution in [0.4, 0.5) is 11.4 Å². The smallest absolute Gasteiger partial charge is 0.352 e. The Morgan fingerprint density at radius 1 is 1.18 bits per heavy atom. The molecule has 22 heavy (non-hydrogen) atoms. The van der Waals surface area contributed by atoms with E-state index >= 15 is 0 Å². The Morgan fingerprint density at radius 2 is 1.95 bits per heavy atom. The normalized spacial score (nSPS) is 10.7. The highest BCUT2D eigenvalue weighted by Gasteiger charge is 2.13. The number of aromatic nitrogens is 2. The van der Waals surface area contributed by atoms with Gasteiger partial charge in [-0.3, -0.25) is 9.51 Å². The Hall–Kier alpha value is -2.24. The molecule has 7 heteroatoms. The Morgan fingerprint density at radius 3 is 2.68 bits per heavy atom. The van der Waals surface area contributed by atoms with Gasteiger partial charge >= 0.3 is 5.76 Å². The Kier molecular flexibility index (Phi) is 3.92. The first-order chi connectivity index (χ1) is 10.6. The van der Waals surface area contributed by atoms with Gasteiger partial charge in [0, 0.05) is 11.3 Å². The van der Waals surface area contributed by atoms with Crippen LogP contribution in [0.5, 0.6) is 0 Å². The second-order valence-corrected chi connectivity index (χ2v) is 5.45. The van der Waals surface area contributed by atoms with E-state index in [0.717, 1.165) is 5.56 Å². The van der Waals surface area contributed by atoms with E-state index in [2.05, 4.69) is 20.0 Å². The van der Waals surface area contributed by atoms with Gasteiger partial charge < -0.3 is 5.32 Å². The zero-order valence-electron chi connectivity index (χ0n) is 11.5. The van der Waals surface area contributed by atoms with E-state index in [0.29, 0.717) is 32.8 Å². The van der Waals surface area contributed by atoms with Gasteiger partial charge in [0.1, 0.15) is 0 Å². The Labute approximate surface area is 135 Å². The molecule has 3 aromatic rings. The SMILES string of the molecule is Cc1ccc(Cl)c(Nc2ccccc2-c2noc(=O)[nH]2)c1Cl. The van der Waals surface area contributed by atoms with E-state index < -0.39 is 5.76 Å². The molecular formula is C15H11Cl2N3O2. The number of aryl methyl sites for hydroxylation is 1. The third-order valence-corrected chi connectivity index (χ3v) is 3.97. The van der Waals surface area contributed by atoms with Crippen LogP contribution in [0.15, 0.2) is 45.7 Å². The standard InChI is InChI=1S/C15H11Cl2N3O2/c1-8-6-7-10(16)13(12(8)17)18-11-5-3-2-4-9(11)14-19-15(21)22-20-14/h2-7,18H,1H3,(H,19,20,21). The molecule has 2 aromatic carbocycles. The fourth-order valence-corrected chi connectivity index (χ4v) is 2.52. The molecule has 0 fully saturated rings. The van der Waals surface area contributed by atoms with Gasteiger partial charge in [-0.25, -0.2) is 4.79 Å². The first-order valence-electron chi connectivity index (χ1n) is 6.43. The van der Waals surface area contributed by atoms with Crippen LogP contribution in [0, 0.1) is 6.92 Å². The van der Waals surface area contributed by atoms with Crippen LogP contribution in [-0.4, -0.2) is 10.1 Å². The molecule has 112 valence electrons. The van der Waals surface area contributed by atoms with E-state index in [9.17, 15) is 4.79 Å². The average Bonchev–Trinajstić information content (AvgIpc) is 2.94. The van der Waals surface area contributed by atoms with Crippen molar-refractivity contribution in [3.63, 3.8) is 0 Å². The number of nitrogens with one attached hydrogen (secondary N) is 2. The zero-order valence-corrected chi connectivity index (χ0v) is 13.0. The molecule has 0 radical (unpaired) electrons. The zero-order chi connectivity index (χ0) is 15.7. The van der Waals surface area contributed by atoms with Crippen molar-refractivity contribution in [1.82, 2.24) is 10.1 Å². The summed E-state index contributed by atoms with van der Waals surface area (Å²) in [6.45, 7) is 1.89. The van der Waals surface area contributed by atoms with Crippen molar-refractivity contribution in [2.24, 2.45) is 0 Å². The number of hydrogen-bond acceptors (Lipinski definition) is 4. The van der Waals surface area contributed by atoms with Gasteiger partial charge in [0.05, 0.1) is 15.7 Å². The third kappa shape index (κ3) is 2.73. The number of halogens is 2. The quantitative estimate of drug-likeness (QED) is 0.744. The molecule has 3 rings (SSSR count). The van der Waals surface area contributed by atoms with Crippen molar-refractivity contribution in [2.75, 3.05) is 5.32 Å². The van der Waals surface area contributed by atoms with E-state index in [-0.39, 0.29) is 0 Å². The molecule has 0 saturated carbocycles. The number of benzene rings is 2. The number of anilines is 2. The fraction of sp³-hybridized carbons (Fsp3) is 0.0667. The molecule has 0 spiro atoms. The van der Waals surface area contributed by atoms with Gasteiger partial charge in [-0.1, -0.05) is 46.6 Å². The van der Waals surface area contributed by atoms with Crippen molar-refractivity contribution in [2.45, 2.75) is 6.92 Å². The molecule has 2 N–H and O–H groups in total. The van der Waals surface area contributed by atoms with Crippen molar-refractivity contribution in [3.05, 3.63) is 62.6 Å². The first-order valence-corrected chi connectivity index (χ1v) is 7.19. The summed E-state index contributed by atoms with van der Waals surface area (Å²) in [5.74, 6) is -0.288. The number of nitrogens with zero attached hydrogens (tertiary/aromatic N) is 1. The van der Waals surface area contributed by atoms with Gasteiger partial charge in [0.2, 0.25) is 0 Å². The predicted octanol–water partition coefficient (Wildman–Crippen LogP) is 4.39. The second-order valence-electron chi connectivity index (χ2n) is 4.67. The summed E-state index contributed by atoms with van der Waals surface area (Å²) in [4.78, 5) is 13.7. The van der Waals surface area contributed by atoms with Crippen molar-refractivity contribution < 1.29 is 4.52 Å². The lowest BCUT2D eigenvalue weighted by atomic mass is 10.1. The highest BCUT2D eigenvalue weighted by atomic mass is 35.5. The summed E-state index contributed by atoms with van der Waals surface area (Å²) < 4.78 is 4.55. The van der Waals surface area contributed by atoms with Crippen LogP contribution in [0.2, 0.25) is 10.0 Å². The minimum absolute atomic E-state index is 0.327. The largest absolute Gasteiger partial charge is 0.439 e. The summed E-state index contributed by atoms with van der Waals surface area (Å²) in [5.41, 5.74) is 2.87. The lowest BCUT2D eigenvalue weighted by Gasteiger charge is -2.14. The molecular weight excluding hydrogens is 325 g/mol. The number of aromatic amines is 1. The molecule has 0 unspecified atom stereocenters. The highest BCUT2D eigenvalue weighted by molar-refractivity contribution is 6.39. The number of rotatable bonds is 3. The molecule has 0 saturated heterocycles. The van der Waals surface area contributed by atoms with E-state index in [4.69, 9.17) is 23.2 Å². The van der Waals surface area contributed by atoms with Crippen LogP contribution in [0.25, 0.3) is 11.4 Å². The van der Waals surface area contributed by atoms with E-state index in [1.165, 1.54) is 0 Å². The molecule has 1 heterocycles. The second kappa shape index (κ2) is 5.87. The van der Waals surface area contributed by atoms with Crippen LogP contribution >= 0.6 is 23.2 Å². The maximum atomic E-state index is 11.1. The summed E-state index contributed by atoms with van der Waals surface area (Å²) >= 11 is 12.5. The summed E-state index contributed by atoms with van der Waals surface area (Å²) in [6, 6.07) is 10.9. The molecule has 0 aliphatic carbocycles. The van der Waals surface area contributed by atoms with Crippen LogP contribution in [0.3, 0.4) is 0 Å². The third-order valence-electron chi connectivity index (χ3n) is 3.17. The monoisotopic (exact) mass is 335 g/mol. The minimum Gasteiger partial charge on any atom is -0.352 e. The predicted molar refractivity (Wildman–Crippen MR) is 87.0 cm³/mol. The van der Waals surface area contributed by atoms with Crippen LogP contribution in [0.1, 0.15) is 5.56 Å². The number of hydrogen-bond donors (Lipinski definition) is 2. The summed E-state index contributed by atoms with van der Waals surface area (Å²) in [5, 5.41) is 7.93. The molecule has 5 nitrogen and oxygen atoms in total. The fourth-order valence-electron chi connectivity index (χ4n) is 2.05. The molecule has 1 aromatic heterocycles.